The fraction of sp³-hybridized carbons (Fsp3) is 0.244. The third-order valence-electron chi connectivity index (χ3n) is 19.0. The van der Waals surface area contributed by atoms with Crippen molar-refractivity contribution in [3.63, 3.8) is 0 Å². The fourth-order valence-electron chi connectivity index (χ4n) is 12.3. The molecule has 0 fully saturated rings. The number of anilines is 12. The molecule has 0 aliphatic rings. The lowest BCUT2D eigenvalue weighted by atomic mass is 10.1. The number of amides is 2. The van der Waals surface area contributed by atoms with Gasteiger partial charge in [-0.25, -0.2) is 53.9 Å². The van der Waals surface area contributed by atoms with Crippen molar-refractivity contribution in [1.29, 1.82) is 4.78 Å². The van der Waals surface area contributed by atoms with Gasteiger partial charge in [-0.2, -0.15) is 41.3 Å². The molecule has 12 aromatic rings. The number of hydrogen-bond acceptors (Lipinski definition) is 25. The molecule has 13 N–H and O–H groups in total. The van der Waals surface area contributed by atoms with Gasteiger partial charge in [-0.15, -0.1) is 0 Å². The van der Waals surface area contributed by atoms with Crippen molar-refractivity contribution in [3.05, 3.63) is 265 Å². The first-order valence-corrected chi connectivity index (χ1v) is 47.4. The second kappa shape index (κ2) is 43.6. The number of rotatable bonds is 33. The topological polar surface area (TPSA) is 414 Å². The average molecular weight is 1850 g/mol. The molecule has 9 aromatic carbocycles. The molecule has 3 heterocycles. The summed E-state index contributed by atoms with van der Waals surface area (Å²) in [6, 6.07) is 53.0. The van der Waals surface area contributed by atoms with Crippen molar-refractivity contribution < 1.29 is 76.7 Å². The van der Waals surface area contributed by atoms with E-state index in [-0.39, 0.29) is 73.6 Å². The van der Waals surface area contributed by atoms with Crippen LogP contribution in [0, 0.1) is 17.5 Å². The molecular weight excluding hydrogens is 1750 g/mol. The third kappa shape index (κ3) is 28.5. The fourth-order valence-corrected chi connectivity index (χ4v) is 16.7. The van der Waals surface area contributed by atoms with Crippen LogP contribution in [0.4, 0.5) is 100 Å². The predicted octanol–water partition coefficient (Wildman–Crippen LogP) is 18.1. The number of sulfonamides is 1. The van der Waals surface area contributed by atoms with Gasteiger partial charge in [0.1, 0.15) is 28.2 Å². The summed E-state index contributed by atoms with van der Waals surface area (Å²) < 4.78 is 174. The summed E-state index contributed by atoms with van der Waals surface area (Å²) in [5.41, 5.74) is 6.67. The number of carbonyl (C=O) groups excluding carboxylic acids is 2. The highest BCUT2D eigenvalue weighted by molar-refractivity contribution is 7.93. The zero-order valence-electron chi connectivity index (χ0n) is 71.4. The van der Waals surface area contributed by atoms with E-state index in [4.69, 9.17) is 4.78 Å². The number of aliphatic hydroxyl groups excluding tert-OH is 3. The van der Waals surface area contributed by atoms with Crippen LogP contribution in [0.1, 0.15) is 68.9 Å². The van der Waals surface area contributed by atoms with Crippen LogP contribution in [0.15, 0.2) is 259 Å². The van der Waals surface area contributed by atoms with Crippen LogP contribution in [-0.4, -0.2) is 148 Å². The van der Waals surface area contributed by atoms with E-state index >= 15 is 0 Å². The van der Waals surface area contributed by atoms with Crippen LogP contribution in [0.2, 0.25) is 0 Å². The van der Waals surface area contributed by atoms with Gasteiger partial charge < -0.3 is 57.9 Å². The molecule has 0 aliphatic carbocycles. The number of hydrogen-bond donors (Lipinski definition) is 13. The maximum absolute atomic E-state index is 14.2. The molecule has 12 rings (SSSR count). The van der Waals surface area contributed by atoms with Gasteiger partial charge in [0, 0.05) is 134 Å². The first kappa shape index (κ1) is 98.1. The van der Waals surface area contributed by atoms with Gasteiger partial charge in [0.15, 0.2) is 0 Å². The van der Waals surface area contributed by atoms with Crippen molar-refractivity contribution in [2.75, 3.05) is 98.9 Å². The molecule has 6 unspecified atom stereocenters. The lowest BCUT2D eigenvalue weighted by Crippen LogP contribution is -2.21. The Morgan fingerprint density at radius 3 is 1.12 bits per heavy atom. The van der Waals surface area contributed by atoms with Crippen LogP contribution in [0.25, 0.3) is 33.4 Å². The van der Waals surface area contributed by atoms with Crippen molar-refractivity contribution >= 4 is 120 Å². The minimum Gasteiger partial charge on any atom is -0.394 e. The zero-order chi connectivity index (χ0) is 93.6. The summed E-state index contributed by atoms with van der Waals surface area (Å²) >= 11 is 0. The summed E-state index contributed by atoms with van der Waals surface area (Å²) in [5.74, 6) is 0.446. The van der Waals surface area contributed by atoms with Crippen LogP contribution >= 0.6 is 0 Å². The maximum Gasteiger partial charge on any atom is 0.416 e. The molecule has 129 heavy (non-hydrogen) atoms. The van der Waals surface area contributed by atoms with Crippen LogP contribution < -0.4 is 47.3 Å². The molecule has 680 valence electrons. The molecule has 0 radical (unpaired) electrons. The van der Waals surface area contributed by atoms with E-state index in [0.717, 1.165) is 47.9 Å². The molecule has 0 bridgehead atoms. The standard InChI is InChI=1S/C32H35F3N6O3S.C31H33F3N6O3S.C27H29FN6O4S2/c1-4-16-37-45(3,44)27-14-12-26(13-15-27)40-31-36-19-28(30(41-31)38-21(2)20-42)23-8-10-25(11-9-23)39-29(43)18-22-6-5-7-24(17-22)32(33,34)35;1-4-36-44(3,43)26-14-12-25(13-15-26)39-30-35-18-27(29(40-30)37-20(2)19-41)22-8-10-24(11-9-22)38-28(42)17-21-6-5-7-23(16-21)31(32,33)34;1-17-4-13-24(28)25(14-17)40(37,38)34-21-7-5-19(6-8-21)23-15-30-27(33-26(23)31-18(2)16-35)32-20-9-11-22(12-10-20)39(3,29)36/h5-15,17,19,21,42H,4,16,18,20H2,1-3H3,(H,39,43)(H2,36,38,40,41);5-16,18,20,41H,4,17,19H2,1-3H3,(H,38,42)(H2,35,37,39,40);4-15,18,29,34-35H,16H2,1-3H3,(H2,30,31,32,33). The summed E-state index contributed by atoms with van der Waals surface area (Å²) in [4.78, 5) is 53.3. The van der Waals surface area contributed by atoms with E-state index in [9.17, 15) is 76.7 Å². The Balaban J connectivity index is 0.000000202. The molecule has 2 amide bonds. The lowest BCUT2D eigenvalue weighted by Gasteiger charge is -2.17. The van der Waals surface area contributed by atoms with E-state index < -0.39 is 85.2 Å². The molecule has 3 aromatic heterocycles. The summed E-state index contributed by atoms with van der Waals surface area (Å²) in [5, 5.41) is 53.1. The largest absolute Gasteiger partial charge is 0.416 e. The molecule has 39 heteroatoms. The van der Waals surface area contributed by atoms with Gasteiger partial charge in [-0.1, -0.05) is 85.8 Å². The number of nitrogens with zero attached hydrogens (tertiary/aromatic N) is 8. The first-order valence-electron chi connectivity index (χ1n) is 40.1. The Labute approximate surface area is 743 Å². The van der Waals surface area contributed by atoms with Gasteiger partial charge in [-0.3, -0.25) is 14.3 Å². The van der Waals surface area contributed by atoms with Gasteiger partial charge in [0.25, 0.3) is 10.0 Å². The zero-order valence-corrected chi connectivity index (χ0v) is 74.7. The smallest absolute Gasteiger partial charge is 0.394 e. The van der Waals surface area contributed by atoms with E-state index in [1.807, 2.05) is 13.8 Å². The number of aliphatic hydroxyl groups is 3. The molecule has 0 spiro atoms. The summed E-state index contributed by atoms with van der Waals surface area (Å²) in [7, 11) is -11.9. The second-order valence-electron chi connectivity index (χ2n) is 29.9. The number of aryl methyl sites for hydroxylation is 1. The SMILES string of the molecule is CCCN=S(C)(=O)c1ccc(Nc2ncc(-c3ccc(NC(=O)Cc4cccc(C(F)(F)F)c4)cc3)c(NC(C)CO)n2)cc1.CCN=S(C)(=O)c1ccc(Nc2ncc(-c3ccc(NC(=O)Cc4cccc(C(F)(F)F)c4)cc3)c(NC(C)CO)n2)cc1.Cc1ccc(F)c(S(=O)(=O)Nc2ccc(-c3cnc(Nc4ccc(S(C)(=N)=O)cc4)nc3NC(C)CO)cc2)c1. The second-order valence-corrected chi connectivity index (χ2v) is 38.3. The van der Waals surface area contributed by atoms with Crippen molar-refractivity contribution in [3.8, 4) is 33.4 Å². The minimum atomic E-state index is -4.49. The Morgan fingerprint density at radius 2 is 0.791 bits per heavy atom. The van der Waals surface area contributed by atoms with Crippen molar-refractivity contribution in [1.82, 2.24) is 29.9 Å². The first-order chi connectivity index (χ1) is 61.1. The minimum absolute atomic E-state index is 0.135. The number of halogens is 7. The normalized spacial score (nSPS) is 13.5. The Bertz CT molecular complexity index is 6420. The van der Waals surface area contributed by atoms with Crippen molar-refractivity contribution in [2.24, 2.45) is 8.73 Å². The quantitative estimate of drug-likeness (QED) is 0.0170. The maximum atomic E-state index is 14.2. The van der Waals surface area contributed by atoms with Gasteiger partial charge >= 0.3 is 12.4 Å². The number of aromatic nitrogens is 6. The average Bonchev–Trinajstić information content (AvgIpc) is 0.802. The van der Waals surface area contributed by atoms with E-state index in [1.54, 1.807) is 204 Å². The molecule has 0 aliphatic heterocycles. The number of benzene rings is 9. The summed E-state index contributed by atoms with van der Waals surface area (Å²) in [6.45, 7) is 11.4. The number of nitrogens with one attached hydrogen (secondary N) is 10. The predicted molar refractivity (Wildman–Crippen MR) is 492 cm³/mol. The number of carbonyl (C=O) groups is 2. The van der Waals surface area contributed by atoms with E-state index in [0.29, 0.717) is 113 Å². The molecular formula is C90H97F7N18O10S4. The van der Waals surface area contributed by atoms with E-state index in [1.165, 1.54) is 42.7 Å². The Morgan fingerprint density at radius 1 is 0.450 bits per heavy atom. The number of alkyl halides is 6. The van der Waals surface area contributed by atoms with Crippen LogP contribution in [-0.2, 0) is 74.0 Å². The van der Waals surface area contributed by atoms with Crippen molar-refractivity contribution in [2.45, 2.75) is 111 Å². The highest BCUT2D eigenvalue weighted by Crippen LogP contribution is 2.37. The monoisotopic (exact) mass is 1850 g/mol. The molecule has 0 saturated heterocycles. The lowest BCUT2D eigenvalue weighted by molar-refractivity contribution is -0.138. The van der Waals surface area contributed by atoms with Crippen LogP contribution in [0.5, 0.6) is 0 Å². The van der Waals surface area contributed by atoms with Gasteiger partial charge in [0.2, 0.25) is 29.7 Å². The van der Waals surface area contributed by atoms with E-state index in [2.05, 4.69) is 85.9 Å². The summed E-state index contributed by atoms with van der Waals surface area (Å²) in [6.07, 6.45) is 0.818. The molecule has 28 nitrogen and oxygen atoms in total. The Hall–Kier alpha value is -13.1. The highest BCUT2D eigenvalue weighted by atomic mass is 32.2. The highest BCUT2D eigenvalue weighted by Gasteiger charge is 2.32. The Kier molecular flexibility index (Phi) is 33.2. The van der Waals surface area contributed by atoms with Gasteiger partial charge in [0.05, 0.1) is 73.0 Å². The third-order valence-corrected chi connectivity index (χ3v) is 25.2. The molecule has 6 atom stereocenters. The van der Waals surface area contributed by atoms with Crippen LogP contribution in [0.3, 0.4) is 0 Å². The van der Waals surface area contributed by atoms with Gasteiger partial charge in [-0.05, 0) is 208 Å². The molecule has 0 saturated carbocycles.